The van der Waals surface area contributed by atoms with Crippen molar-refractivity contribution in [1.82, 2.24) is 0 Å². The minimum absolute atomic E-state index is 0.131. The standard InChI is InChI=1S/C13H13FO3/c1-17-5-4-12(15)11-7-8-6-9(14)2-3-10(8)13(11)16/h2-3,6,11H,4-5,7H2,1H3. The third-order valence-corrected chi connectivity index (χ3v) is 3.01. The van der Waals surface area contributed by atoms with Crippen molar-refractivity contribution in [1.29, 1.82) is 0 Å². The van der Waals surface area contributed by atoms with Crippen LogP contribution in [0.3, 0.4) is 0 Å². The van der Waals surface area contributed by atoms with Crippen LogP contribution >= 0.6 is 0 Å². The molecule has 90 valence electrons. The summed E-state index contributed by atoms with van der Waals surface area (Å²) in [6, 6.07) is 4.03. The number of carbonyl (C=O) groups excluding carboxylic acids is 2. The van der Waals surface area contributed by atoms with Gasteiger partial charge < -0.3 is 4.74 Å². The summed E-state index contributed by atoms with van der Waals surface area (Å²) in [5.74, 6) is -1.35. The van der Waals surface area contributed by atoms with Crippen molar-refractivity contribution in [2.24, 2.45) is 5.92 Å². The Balaban J connectivity index is 2.16. The average Bonchev–Trinajstić information content (AvgIpc) is 2.63. The van der Waals surface area contributed by atoms with E-state index in [2.05, 4.69) is 0 Å². The van der Waals surface area contributed by atoms with Crippen LogP contribution in [0.25, 0.3) is 0 Å². The molecule has 0 N–H and O–H groups in total. The van der Waals surface area contributed by atoms with Crippen LogP contribution in [0.5, 0.6) is 0 Å². The molecule has 0 bridgehead atoms. The molecule has 0 saturated carbocycles. The molecule has 1 aliphatic rings. The third kappa shape index (κ3) is 2.26. The van der Waals surface area contributed by atoms with Crippen LogP contribution in [0, 0.1) is 11.7 Å². The molecule has 0 spiro atoms. The number of Topliss-reactive ketones (excluding diaryl/α,β-unsaturated/α-hetero) is 2. The summed E-state index contributed by atoms with van der Waals surface area (Å²) in [6.07, 6.45) is 0.540. The smallest absolute Gasteiger partial charge is 0.173 e. The average molecular weight is 236 g/mol. The van der Waals surface area contributed by atoms with Gasteiger partial charge in [-0.2, -0.15) is 0 Å². The Bertz CT molecular complexity index is 468. The predicted octanol–water partition coefficient (Wildman–Crippen LogP) is 1.79. The summed E-state index contributed by atoms with van der Waals surface area (Å²) in [5.41, 5.74) is 1.10. The Morgan fingerprint density at radius 1 is 1.53 bits per heavy atom. The molecule has 0 amide bonds. The Morgan fingerprint density at radius 2 is 2.29 bits per heavy atom. The van der Waals surface area contributed by atoms with Gasteiger partial charge in [0.1, 0.15) is 11.6 Å². The molecule has 1 atom stereocenters. The number of halogens is 1. The van der Waals surface area contributed by atoms with Crippen molar-refractivity contribution < 1.29 is 18.7 Å². The zero-order valence-corrected chi connectivity index (χ0v) is 9.53. The molecule has 0 aliphatic heterocycles. The van der Waals surface area contributed by atoms with Gasteiger partial charge in [0.05, 0.1) is 12.5 Å². The van der Waals surface area contributed by atoms with Gasteiger partial charge in [0, 0.05) is 19.1 Å². The van der Waals surface area contributed by atoms with Crippen LogP contribution in [0.1, 0.15) is 22.3 Å². The highest BCUT2D eigenvalue weighted by atomic mass is 19.1. The zero-order chi connectivity index (χ0) is 12.4. The lowest BCUT2D eigenvalue weighted by molar-refractivity contribution is -0.122. The van der Waals surface area contributed by atoms with E-state index in [1.54, 1.807) is 0 Å². The second-order valence-corrected chi connectivity index (χ2v) is 4.13. The fourth-order valence-corrected chi connectivity index (χ4v) is 2.11. The fraction of sp³-hybridized carbons (Fsp3) is 0.385. The van der Waals surface area contributed by atoms with E-state index in [9.17, 15) is 14.0 Å². The largest absolute Gasteiger partial charge is 0.384 e. The first-order chi connectivity index (χ1) is 8.13. The zero-order valence-electron chi connectivity index (χ0n) is 9.53. The molecule has 1 aromatic carbocycles. The van der Waals surface area contributed by atoms with Crippen molar-refractivity contribution >= 4 is 11.6 Å². The van der Waals surface area contributed by atoms with E-state index in [1.807, 2.05) is 0 Å². The monoisotopic (exact) mass is 236 g/mol. The van der Waals surface area contributed by atoms with Gasteiger partial charge in [0.2, 0.25) is 0 Å². The Kier molecular flexibility index (Phi) is 3.33. The third-order valence-electron chi connectivity index (χ3n) is 3.01. The summed E-state index contributed by atoms with van der Waals surface area (Å²) < 4.78 is 17.8. The molecule has 17 heavy (non-hydrogen) atoms. The molecule has 1 aliphatic carbocycles. The van der Waals surface area contributed by atoms with E-state index >= 15 is 0 Å². The molecule has 0 heterocycles. The van der Waals surface area contributed by atoms with Gasteiger partial charge in [0.15, 0.2) is 5.78 Å². The van der Waals surface area contributed by atoms with Crippen LogP contribution in [0.15, 0.2) is 18.2 Å². The second kappa shape index (κ2) is 4.75. The second-order valence-electron chi connectivity index (χ2n) is 4.13. The van der Waals surface area contributed by atoms with E-state index in [1.165, 1.54) is 25.3 Å². The molecule has 1 unspecified atom stereocenters. The lowest BCUT2D eigenvalue weighted by Gasteiger charge is -2.05. The number of methoxy groups -OCH3 is 1. The first-order valence-corrected chi connectivity index (χ1v) is 5.47. The Hall–Kier alpha value is -1.55. The van der Waals surface area contributed by atoms with E-state index in [0.29, 0.717) is 24.2 Å². The van der Waals surface area contributed by atoms with Gasteiger partial charge in [-0.15, -0.1) is 0 Å². The SMILES string of the molecule is COCCC(=O)C1Cc2cc(F)ccc2C1=O. The predicted molar refractivity (Wildman–Crippen MR) is 59.4 cm³/mol. The summed E-state index contributed by atoms with van der Waals surface area (Å²) in [7, 11) is 1.51. The van der Waals surface area contributed by atoms with Crippen LogP contribution < -0.4 is 0 Å². The maximum atomic E-state index is 13.0. The quantitative estimate of drug-likeness (QED) is 0.748. The summed E-state index contributed by atoms with van der Waals surface area (Å²) in [4.78, 5) is 23.7. The maximum Gasteiger partial charge on any atom is 0.173 e. The first kappa shape index (κ1) is 11.9. The van der Waals surface area contributed by atoms with Crippen LogP contribution in [-0.2, 0) is 16.0 Å². The summed E-state index contributed by atoms with van der Waals surface area (Å²) in [6.45, 7) is 0.313. The summed E-state index contributed by atoms with van der Waals surface area (Å²) >= 11 is 0. The minimum Gasteiger partial charge on any atom is -0.384 e. The highest BCUT2D eigenvalue weighted by Gasteiger charge is 2.35. The molecule has 0 fully saturated rings. The van der Waals surface area contributed by atoms with Crippen molar-refractivity contribution in [3.63, 3.8) is 0 Å². The first-order valence-electron chi connectivity index (χ1n) is 5.47. The molecule has 4 heteroatoms. The van der Waals surface area contributed by atoms with Crippen LogP contribution in [0.2, 0.25) is 0 Å². The summed E-state index contributed by atoms with van der Waals surface area (Å²) in [5, 5.41) is 0. The van der Waals surface area contributed by atoms with E-state index in [4.69, 9.17) is 4.74 Å². The van der Waals surface area contributed by atoms with Crippen molar-refractivity contribution in [3.05, 3.63) is 35.1 Å². The highest BCUT2D eigenvalue weighted by Crippen LogP contribution is 2.28. The van der Waals surface area contributed by atoms with Crippen LogP contribution in [0.4, 0.5) is 4.39 Å². The normalized spacial score (nSPS) is 18.2. The highest BCUT2D eigenvalue weighted by molar-refractivity contribution is 6.14. The molecule has 0 radical (unpaired) electrons. The van der Waals surface area contributed by atoms with Crippen molar-refractivity contribution in [2.75, 3.05) is 13.7 Å². The molecular formula is C13H13FO3. The van der Waals surface area contributed by atoms with Gasteiger partial charge in [-0.3, -0.25) is 9.59 Å². The number of carbonyl (C=O) groups is 2. The molecule has 2 rings (SSSR count). The van der Waals surface area contributed by atoms with Crippen LogP contribution in [-0.4, -0.2) is 25.3 Å². The number of rotatable bonds is 4. The molecule has 3 nitrogen and oxygen atoms in total. The number of fused-ring (bicyclic) bond motifs is 1. The maximum absolute atomic E-state index is 13.0. The number of hydrogen-bond donors (Lipinski definition) is 0. The lowest BCUT2D eigenvalue weighted by Crippen LogP contribution is -2.21. The Labute approximate surface area is 98.6 Å². The lowest BCUT2D eigenvalue weighted by atomic mass is 9.98. The fourth-order valence-electron chi connectivity index (χ4n) is 2.11. The van der Waals surface area contributed by atoms with Gasteiger partial charge >= 0.3 is 0 Å². The molecule has 1 aromatic rings. The number of ether oxygens (including phenoxy) is 1. The number of benzene rings is 1. The van der Waals surface area contributed by atoms with E-state index in [0.717, 1.165) is 0 Å². The van der Waals surface area contributed by atoms with E-state index < -0.39 is 5.92 Å². The number of hydrogen-bond acceptors (Lipinski definition) is 3. The van der Waals surface area contributed by atoms with Crippen molar-refractivity contribution in [2.45, 2.75) is 12.8 Å². The van der Waals surface area contributed by atoms with Gasteiger partial charge in [-0.1, -0.05) is 0 Å². The van der Waals surface area contributed by atoms with Gasteiger partial charge in [-0.25, -0.2) is 4.39 Å². The van der Waals surface area contributed by atoms with Crippen molar-refractivity contribution in [3.8, 4) is 0 Å². The Morgan fingerprint density at radius 3 is 3.00 bits per heavy atom. The number of ketones is 2. The molecule has 0 saturated heterocycles. The van der Waals surface area contributed by atoms with Gasteiger partial charge in [-0.05, 0) is 30.2 Å². The van der Waals surface area contributed by atoms with Gasteiger partial charge in [0.25, 0.3) is 0 Å². The topological polar surface area (TPSA) is 43.4 Å². The molecular weight excluding hydrogens is 223 g/mol. The minimum atomic E-state index is -0.651. The molecule has 0 aromatic heterocycles. The van der Waals surface area contributed by atoms with E-state index in [-0.39, 0.29) is 23.8 Å².